The van der Waals surface area contributed by atoms with E-state index in [1.54, 1.807) is 11.3 Å². The van der Waals surface area contributed by atoms with Crippen LogP contribution in [-0.2, 0) is 6.54 Å². The van der Waals surface area contributed by atoms with E-state index in [2.05, 4.69) is 51.9 Å². The zero-order chi connectivity index (χ0) is 11.7. The van der Waals surface area contributed by atoms with E-state index in [4.69, 9.17) is 0 Å². The van der Waals surface area contributed by atoms with Gasteiger partial charge in [-0.05, 0) is 34.5 Å². The van der Waals surface area contributed by atoms with Gasteiger partial charge in [0.15, 0.2) is 5.96 Å². The smallest absolute Gasteiger partial charge is 0.194 e. The van der Waals surface area contributed by atoms with Gasteiger partial charge < -0.3 is 10.2 Å². The number of rotatable bonds is 2. The summed E-state index contributed by atoms with van der Waals surface area (Å²) in [6.07, 6.45) is 0. The van der Waals surface area contributed by atoms with Gasteiger partial charge in [0.1, 0.15) is 0 Å². The minimum atomic E-state index is 0.842. The second kappa shape index (κ2) is 4.37. The first-order valence-electron chi connectivity index (χ1n) is 5.78. The number of fused-ring (bicyclic) bond motifs is 1. The normalized spacial score (nSPS) is 15.4. The number of hydrogen-bond acceptors (Lipinski definition) is 4. The summed E-state index contributed by atoms with van der Waals surface area (Å²) in [6.45, 7) is 2.77. The molecule has 0 unspecified atom stereocenters. The molecule has 0 spiro atoms. The lowest BCUT2D eigenvalue weighted by Gasteiger charge is -2.15. The maximum atomic E-state index is 4.42. The third kappa shape index (κ3) is 2.13. The molecule has 0 amide bonds. The molecule has 17 heavy (non-hydrogen) atoms. The first-order valence-corrected chi connectivity index (χ1v) is 6.66. The van der Waals surface area contributed by atoms with Crippen molar-refractivity contribution < 1.29 is 0 Å². The molecule has 0 saturated carbocycles. The molecular weight excluding hydrogens is 230 g/mol. The third-order valence-electron chi connectivity index (χ3n) is 3.03. The van der Waals surface area contributed by atoms with Crippen molar-refractivity contribution in [1.29, 1.82) is 0 Å². The van der Waals surface area contributed by atoms with Gasteiger partial charge in [0.25, 0.3) is 0 Å². The van der Waals surface area contributed by atoms with Crippen molar-refractivity contribution in [3.63, 3.8) is 0 Å². The van der Waals surface area contributed by atoms with Crippen LogP contribution >= 0.6 is 11.3 Å². The molecule has 0 bridgehead atoms. The van der Waals surface area contributed by atoms with Crippen LogP contribution in [0.15, 0.2) is 34.6 Å². The van der Waals surface area contributed by atoms with Gasteiger partial charge in [0.2, 0.25) is 0 Å². The standard InChI is InChI=1S/C13H15N3S/c1-16-6-5-14-13(16)15-9-10-2-3-12-11(8-10)4-7-17-12/h2-4,7-8H,5-6,9H2,1H3,(H,14,15). The number of thiophene rings is 1. The summed E-state index contributed by atoms with van der Waals surface area (Å²) >= 11 is 1.79. The van der Waals surface area contributed by atoms with Crippen molar-refractivity contribution in [2.24, 2.45) is 4.99 Å². The lowest BCUT2D eigenvalue weighted by atomic mass is 10.2. The van der Waals surface area contributed by atoms with Gasteiger partial charge in [-0.15, -0.1) is 11.3 Å². The molecule has 0 saturated heterocycles. The van der Waals surface area contributed by atoms with Gasteiger partial charge in [-0.2, -0.15) is 0 Å². The minimum absolute atomic E-state index is 0.842. The molecule has 0 radical (unpaired) electrons. The van der Waals surface area contributed by atoms with Crippen LogP contribution in [-0.4, -0.2) is 31.0 Å². The van der Waals surface area contributed by atoms with E-state index in [9.17, 15) is 0 Å². The molecule has 1 aromatic carbocycles. The SMILES string of the molecule is CN1CCN=C1NCc1ccc2sccc2c1. The first-order chi connectivity index (χ1) is 8.33. The number of aliphatic imine (C=N–C) groups is 1. The van der Waals surface area contributed by atoms with E-state index in [1.807, 2.05) is 0 Å². The zero-order valence-electron chi connectivity index (χ0n) is 9.81. The number of likely N-dealkylation sites (N-methyl/N-ethyl adjacent to an activating group) is 1. The van der Waals surface area contributed by atoms with Gasteiger partial charge in [-0.3, -0.25) is 4.99 Å². The number of nitrogens with zero attached hydrogens (tertiary/aromatic N) is 2. The number of benzene rings is 1. The van der Waals surface area contributed by atoms with Crippen LogP contribution in [0, 0.1) is 0 Å². The Balaban J connectivity index is 1.72. The number of hydrogen-bond donors (Lipinski definition) is 1. The molecule has 0 atom stereocenters. The van der Waals surface area contributed by atoms with Crippen molar-refractivity contribution in [2.45, 2.75) is 6.54 Å². The van der Waals surface area contributed by atoms with Crippen molar-refractivity contribution in [3.05, 3.63) is 35.2 Å². The van der Waals surface area contributed by atoms with Gasteiger partial charge in [0.05, 0.1) is 6.54 Å². The Hall–Kier alpha value is -1.55. The second-order valence-electron chi connectivity index (χ2n) is 4.27. The Kier molecular flexibility index (Phi) is 2.73. The van der Waals surface area contributed by atoms with Gasteiger partial charge in [-0.1, -0.05) is 6.07 Å². The average Bonchev–Trinajstić information content (AvgIpc) is 2.94. The fourth-order valence-corrected chi connectivity index (χ4v) is 2.80. The van der Waals surface area contributed by atoms with Gasteiger partial charge >= 0.3 is 0 Å². The Bertz CT molecular complexity index is 559. The van der Waals surface area contributed by atoms with Crippen LogP contribution in [0.3, 0.4) is 0 Å². The molecule has 0 aliphatic carbocycles. The molecule has 2 heterocycles. The number of guanidine groups is 1. The molecule has 0 fully saturated rings. The highest BCUT2D eigenvalue weighted by Crippen LogP contribution is 2.21. The Morgan fingerprint density at radius 1 is 1.41 bits per heavy atom. The van der Waals surface area contributed by atoms with Crippen molar-refractivity contribution in [1.82, 2.24) is 10.2 Å². The lowest BCUT2D eigenvalue weighted by Crippen LogP contribution is -2.35. The van der Waals surface area contributed by atoms with Crippen molar-refractivity contribution in [3.8, 4) is 0 Å². The molecule has 1 aliphatic heterocycles. The predicted octanol–water partition coefficient (Wildman–Crippen LogP) is 2.29. The maximum Gasteiger partial charge on any atom is 0.194 e. The zero-order valence-corrected chi connectivity index (χ0v) is 10.6. The molecule has 2 aromatic rings. The first kappa shape index (κ1) is 10.6. The van der Waals surface area contributed by atoms with Gasteiger partial charge in [-0.25, -0.2) is 0 Å². The lowest BCUT2D eigenvalue weighted by molar-refractivity contribution is 0.534. The Labute approximate surface area is 105 Å². The van der Waals surface area contributed by atoms with E-state index in [-0.39, 0.29) is 0 Å². The number of nitrogens with one attached hydrogen (secondary N) is 1. The van der Waals surface area contributed by atoms with Crippen LogP contribution in [0.4, 0.5) is 0 Å². The Morgan fingerprint density at radius 3 is 3.18 bits per heavy atom. The quantitative estimate of drug-likeness (QED) is 0.879. The monoisotopic (exact) mass is 245 g/mol. The topological polar surface area (TPSA) is 27.6 Å². The van der Waals surface area contributed by atoms with E-state index >= 15 is 0 Å². The molecule has 1 N–H and O–H groups in total. The van der Waals surface area contributed by atoms with E-state index in [0.717, 1.165) is 25.6 Å². The van der Waals surface area contributed by atoms with E-state index in [1.165, 1.54) is 15.6 Å². The molecule has 1 aliphatic rings. The van der Waals surface area contributed by atoms with Crippen molar-refractivity contribution >= 4 is 27.4 Å². The fraction of sp³-hybridized carbons (Fsp3) is 0.308. The highest BCUT2D eigenvalue weighted by Gasteiger charge is 2.11. The Morgan fingerprint density at radius 2 is 2.35 bits per heavy atom. The fourth-order valence-electron chi connectivity index (χ4n) is 2.03. The predicted molar refractivity (Wildman–Crippen MR) is 73.6 cm³/mol. The van der Waals surface area contributed by atoms with Crippen LogP contribution in [0.1, 0.15) is 5.56 Å². The highest BCUT2D eigenvalue weighted by atomic mass is 32.1. The highest BCUT2D eigenvalue weighted by molar-refractivity contribution is 7.17. The second-order valence-corrected chi connectivity index (χ2v) is 5.22. The van der Waals surface area contributed by atoms with E-state index in [0.29, 0.717) is 0 Å². The summed E-state index contributed by atoms with van der Waals surface area (Å²) in [6, 6.07) is 8.79. The van der Waals surface area contributed by atoms with Crippen LogP contribution < -0.4 is 5.32 Å². The molecule has 3 rings (SSSR count). The van der Waals surface area contributed by atoms with Crippen LogP contribution in [0.25, 0.3) is 10.1 Å². The van der Waals surface area contributed by atoms with Crippen LogP contribution in [0.5, 0.6) is 0 Å². The molecule has 4 heteroatoms. The summed E-state index contributed by atoms with van der Waals surface area (Å²) in [5.41, 5.74) is 1.30. The summed E-state index contributed by atoms with van der Waals surface area (Å²) in [5.74, 6) is 1.01. The minimum Gasteiger partial charge on any atom is -0.352 e. The van der Waals surface area contributed by atoms with E-state index < -0.39 is 0 Å². The maximum absolute atomic E-state index is 4.42. The van der Waals surface area contributed by atoms with Crippen molar-refractivity contribution in [2.75, 3.05) is 20.1 Å². The summed E-state index contributed by atoms with van der Waals surface area (Å²) in [5, 5.41) is 6.85. The largest absolute Gasteiger partial charge is 0.352 e. The third-order valence-corrected chi connectivity index (χ3v) is 3.92. The summed E-state index contributed by atoms with van der Waals surface area (Å²) < 4.78 is 1.35. The van der Waals surface area contributed by atoms with Gasteiger partial charge in [0, 0.05) is 24.8 Å². The molecule has 3 nitrogen and oxygen atoms in total. The summed E-state index contributed by atoms with van der Waals surface area (Å²) in [4.78, 5) is 6.57. The average molecular weight is 245 g/mol. The summed E-state index contributed by atoms with van der Waals surface area (Å²) in [7, 11) is 2.07. The molecule has 1 aromatic heterocycles. The molecular formula is C13H15N3S. The molecule has 88 valence electrons. The van der Waals surface area contributed by atoms with Crippen LogP contribution in [0.2, 0.25) is 0 Å².